The van der Waals surface area contributed by atoms with Crippen molar-refractivity contribution in [1.82, 2.24) is 14.9 Å². The summed E-state index contributed by atoms with van der Waals surface area (Å²) in [5, 5.41) is 0.477. The number of carbonyl (C=O) groups is 1. The maximum atomic E-state index is 11.4. The zero-order chi connectivity index (χ0) is 12.3. The van der Waals surface area contributed by atoms with E-state index in [2.05, 4.69) is 9.97 Å². The fourth-order valence-corrected chi connectivity index (χ4v) is 2.54. The molecule has 17 heavy (non-hydrogen) atoms. The van der Waals surface area contributed by atoms with Gasteiger partial charge in [-0.25, -0.2) is 9.97 Å². The SMILES string of the molecule is CC(=O)N1CCCC1CCc1cc(Cl)ncn1. The van der Waals surface area contributed by atoms with Gasteiger partial charge in [-0.1, -0.05) is 11.6 Å². The molecule has 0 N–H and O–H groups in total. The molecule has 1 aromatic heterocycles. The van der Waals surface area contributed by atoms with Crippen molar-refractivity contribution in [2.75, 3.05) is 6.54 Å². The lowest BCUT2D eigenvalue weighted by molar-refractivity contribution is -0.129. The molecule has 0 bridgehead atoms. The van der Waals surface area contributed by atoms with E-state index >= 15 is 0 Å². The molecule has 2 rings (SSSR count). The zero-order valence-electron chi connectivity index (χ0n) is 9.90. The average Bonchev–Trinajstić information content (AvgIpc) is 2.74. The Morgan fingerprint density at radius 1 is 1.59 bits per heavy atom. The summed E-state index contributed by atoms with van der Waals surface area (Å²) in [4.78, 5) is 21.4. The van der Waals surface area contributed by atoms with E-state index in [0.717, 1.165) is 37.9 Å². The summed E-state index contributed by atoms with van der Waals surface area (Å²) in [7, 11) is 0. The number of rotatable bonds is 3. The minimum Gasteiger partial charge on any atom is -0.340 e. The molecule has 4 nitrogen and oxygen atoms in total. The van der Waals surface area contributed by atoms with Crippen LogP contribution in [0.5, 0.6) is 0 Å². The standard InChI is InChI=1S/C12H16ClN3O/c1-9(17)16-6-2-3-11(16)5-4-10-7-12(13)15-8-14-10/h7-8,11H,2-6H2,1H3. The number of aryl methyl sites for hydroxylation is 1. The fraction of sp³-hybridized carbons (Fsp3) is 0.583. The van der Waals surface area contributed by atoms with Crippen molar-refractivity contribution in [2.24, 2.45) is 0 Å². The second-order valence-electron chi connectivity index (χ2n) is 4.38. The molecule has 0 saturated carbocycles. The van der Waals surface area contributed by atoms with E-state index in [1.165, 1.54) is 6.33 Å². The second-order valence-corrected chi connectivity index (χ2v) is 4.77. The van der Waals surface area contributed by atoms with E-state index < -0.39 is 0 Å². The van der Waals surface area contributed by atoms with Gasteiger partial charge in [-0.3, -0.25) is 4.79 Å². The molecule has 0 radical (unpaired) electrons. The Morgan fingerprint density at radius 3 is 3.12 bits per heavy atom. The lowest BCUT2D eigenvalue weighted by Gasteiger charge is -2.22. The van der Waals surface area contributed by atoms with Crippen molar-refractivity contribution in [1.29, 1.82) is 0 Å². The largest absolute Gasteiger partial charge is 0.340 e. The third-order valence-corrected chi connectivity index (χ3v) is 3.41. The molecule has 1 atom stereocenters. The second kappa shape index (κ2) is 5.45. The third-order valence-electron chi connectivity index (χ3n) is 3.21. The highest BCUT2D eigenvalue weighted by molar-refractivity contribution is 6.29. The molecule has 1 unspecified atom stereocenters. The first-order chi connectivity index (χ1) is 8.16. The van der Waals surface area contributed by atoms with Crippen LogP contribution in [0, 0.1) is 0 Å². The molecule has 1 aromatic rings. The molecular weight excluding hydrogens is 238 g/mol. The molecule has 1 aliphatic rings. The van der Waals surface area contributed by atoms with Gasteiger partial charge < -0.3 is 4.90 Å². The molecule has 5 heteroatoms. The van der Waals surface area contributed by atoms with Crippen LogP contribution in [0.4, 0.5) is 0 Å². The van der Waals surface area contributed by atoms with Crippen molar-refractivity contribution in [3.05, 3.63) is 23.2 Å². The number of nitrogens with zero attached hydrogens (tertiary/aromatic N) is 3. The summed E-state index contributed by atoms with van der Waals surface area (Å²) in [6.07, 6.45) is 5.48. The predicted octanol–water partition coefficient (Wildman–Crippen LogP) is 2.07. The Hall–Kier alpha value is -1.16. The van der Waals surface area contributed by atoms with Crippen molar-refractivity contribution < 1.29 is 4.79 Å². The third kappa shape index (κ3) is 3.16. The monoisotopic (exact) mass is 253 g/mol. The summed E-state index contributed by atoms with van der Waals surface area (Å²) < 4.78 is 0. The summed E-state index contributed by atoms with van der Waals surface area (Å²) in [5.74, 6) is 0.174. The molecule has 0 spiro atoms. The number of likely N-dealkylation sites (tertiary alicyclic amines) is 1. The Bertz CT molecular complexity index is 410. The van der Waals surface area contributed by atoms with Gasteiger partial charge in [0.25, 0.3) is 0 Å². The fourth-order valence-electron chi connectivity index (χ4n) is 2.37. The lowest BCUT2D eigenvalue weighted by atomic mass is 10.1. The maximum absolute atomic E-state index is 11.4. The lowest BCUT2D eigenvalue weighted by Crippen LogP contribution is -2.33. The van der Waals surface area contributed by atoms with Gasteiger partial charge in [0.1, 0.15) is 11.5 Å². The van der Waals surface area contributed by atoms with Crippen LogP contribution in [0.3, 0.4) is 0 Å². The number of hydrogen-bond acceptors (Lipinski definition) is 3. The highest BCUT2D eigenvalue weighted by Crippen LogP contribution is 2.21. The van der Waals surface area contributed by atoms with Gasteiger partial charge in [-0.2, -0.15) is 0 Å². The van der Waals surface area contributed by atoms with Gasteiger partial charge >= 0.3 is 0 Å². The molecule has 2 heterocycles. The van der Waals surface area contributed by atoms with Crippen LogP contribution < -0.4 is 0 Å². The van der Waals surface area contributed by atoms with Crippen LogP contribution in [0.15, 0.2) is 12.4 Å². The van der Waals surface area contributed by atoms with Crippen LogP contribution in [-0.2, 0) is 11.2 Å². The van der Waals surface area contributed by atoms with Gasteiger partial charge in [-0.05, 0) is 31.7 Å². The number of amides is 1. The number of carbonyl (C=O) groups excluding carboxylic acids is 1. The van der Waals surface area contributed by atoms with Crippen molar-refractivity contribution in [3.8, 4) is 0 Å². The smallest absolute Gasteiger partial charge is 0.219 e. The summed E-state index contributed by atoms with van der Waals surface area (Å²) in [6, 6.07) is 2.15. The van der Waals surface area contributed by atoms with Crippen molar-refractivity contribution >= 4 is 17.5 Å². The maximum Gasteiger partial charge on any atom is 0.219 e. The van der Waals surface area contributed by atoms with Crippen LogP contribution in [0.1, 0.15) is 31.9 Å². The van der Waals surface area contributed by atoms with E-state index in [1.54, 1.807) is 13.0 Å². The molecule has 0 aliphatic carbocycles. The topological polar surface area (TPSA) is 46.1 Å². The first-order valence-electron chi connectivity index (χ1n) is 5.90. The van der Waals surface area contributed by atoms with Crippen LogP contribution in [0.2, 0.25) is 5.15 Å². The van der Waals surface area contributed by atoms with Gasteiger partial charge in [-0.15, -0.1) is 0 Å². The van der Waals surface area contributed by atoms with Gasteiger partial charge in [0.15, 0.2) is 0 Å². The van der Waals surface area contributed by atoms with Crippen LogP contribution in [-0.4, -0.2) is 33.4 Å². The normalized spacial score (nSPS) is 19.6. The molecule has 0 aromatic carbocycles. The first-order valence-corrected chi connectivity index (χ1v) is 6.28. The number of halogens is 1. The van der Waals surface area contributed by atoms with Crippen LogP contribution in [0.25, 0.3) is 0 Å². The van der Waals surface area contributed by atoms with E-state index in [4.69, 9.17) is 11.6 Å². The number of hydrogen-bond donors (Lipinski definition) is 0. The summed E-state index contributed by atoms with van der Waals surface area (Å²) >= 11 is 5.80. The Morgan fingerprint density at radius 2 is 2.41 bits per heavy atom. The Balaban J connectivity index is 1.91. The van der Waals surface area contributed by atoms with E-state index in [0.29, 0.717) is 11.2 Å². The minimum atomic E-state index is 0.174. The average molecular weight is 254 g/mol. The molecule has 1 aliphatic heterocycles. The van der Waals surface area contributed by atoms with E-state index in [9.17, 15) is 4.79 Å². The molecular formula is C12H16ClN3O. The first kappa shape index (κ1) is 12.3. The molecule has 92 valence electrons. The van der Waals surface area contributed by atoms with Gasteiger partial charge in [0.05, 0.1) is 0 Å². The van der Waals surface area contributed by atoms with Crippen molar-refractivity contribution in [2.45, 2.75) is 38.6 Å². The van der Waals surface area contributed by atoms with Crippen molar-refractivity contribution in [3.63, 3.8) is 0 Å². The Kier molecular flexibility index (Phi) is 3.94. The zero-order valence-corrected chi connectivity index (χ0v) is 10.7. The summed E-state index contributed by atoms with van der Waals surface area (Å²) in [6.45, 7) is 2.53. The highest BCUT2D eigenvalue weighted by Gasteiger charge is 2.25. The Labute approximate surface area is 106 Å². The molecule has 1 amide bonds. The van der Waals surface area contributed by atoms with E-state index in [1.807, 2.05) is 4.90 Å². The minimum absolute atomic E-state index is 0.174. The van der Waals surface area contributed by atoms with Gasteiger partial charge in [0, 0.05) is 25.2 Å². The van der Waals surface area contributed by atoms with Crippen LogP contribution >= 0.6 is 11.6 Å². The highest BCUT2D eigenvalue weighted by atomic mass is 35.5. The predicted molar refractivity (Wildman–Crippen MR) is 65.8 cm³/mol. The molecule has 1 saturated heterocycles. The quantitative estimate of drug-likeness (QED) is 0.775. The summed E-state index contributed by atoms with van der Waals surface area (Å²) in [5.41, 5.74) is 0.945. The molecule has 1 fully saturated rings. The van der Waals surface area contributed by atoms with E-state index in [-0.39, 0.29) is 5.91 Å². The van der Waals surface area contributed by atoms with Gasteiger partial charge in [0.2, 0.25) is 5.91 Å². The number of aromatic nitrogens is 2.